The number of pyridine rings is 2. The smallest absolute Gasteiger partial charge is 0.107 e. The van der Waals surface area contributed by atoms with Crippen molar-refractivity contribution in [2.75, 3.05) is 0 Å². The maximum absolute atomic E-state index is 5.88. The lowest BCUT2D eigenvalue weighted by Crippen LogP contribution is -2.10. The standard InChI is InChI=1S/C15H16BrN3S/c16-12-5-6-14(18-9-12)20-15-11(8-17)7-10-3-1-2-4-13(10)19-15/h5-7,9H,1-4,8,17H2. The van der Waals surface area contributed by atoms with E-state index in [1.165, 1.54) is 24.1 Å². The summed E-state index contributed by atoms with van der Waals surface area (Å²) in [6, 6.07) is 6.23. The summed E-state index contributed by atoms with van der Waals surface area (Å²) < 4.78 is 0.985. The maximum Gasteiger partial charge on any atom is 0.107 e. The van der Waals surface area contributed by atoms with Gasteiger partial charge in [0.2, 0.25) is 0 Å². The predicted octanol–water partition coefficient (Wildman–Crippen LogP) is 3.73. The normalized spacial score (nSPS) is 14.1. The van der Waals surface area contributed by atoms with Crippen molar-refractivity contribution < 1.29 is 0 Å². The van der Waals surface area contributed by atoms with Crippen LogP contribution >= 0.6 is 27.7 Å². The van der Waals surface area contributed by atoms with Crippen molar-refractivity contribution in [1.29, 1.82) is 0 Å². The lowest BCUT2D eigenvalue weighted by molar-refractivity contribution is 0.656. The Morgan fingerprint density at radius 2 is 2.10 bits per heavy atom. The zero-order chi connectivity index (χ0) is 13.9. The Kier molecular flexibility index (Phi) is 4.38. The molecule has 5 heteroatoms. The number of nitrogens with two attached hydrogens (primary N) is 1. The second-order valence-corrected chi connectivity index (χ2v) is 6.81. The highest BCUT2D eigenvalue weighted by Crippen LogP contribution is 2.31. The topological polar surface area (TPSA) is 51.8 Å². The Balaban J connectivity index is 1.93. The molecule has 0 saturated heterocycles. The van der Waals surface area contributed by atoms with E-state index in [4.69, 9.17) is 10.7 Å². The van der Waals surface area contributed by atoms with Crippen molar-refractivity contribution in [3.05, 3.63) is 45.7 Å². The highest BCUT2D eigenvalue weighted by Gasteiger charge is 2.15. The molecule has 0 fully saturated rings. The van der Waals surface area contributed by atoms with Gasteiger partial charge in [-0.15, -0.1) is 0 Å². The van der Waals surface area contributed by atoms with E-state index in [-0.39, 0.29) is 0 Å². The monoisotopic (exact) mass is 349 g/mol. The Bertz CT molecular complexity index is 613. The van der Waals surface area contributed by atoms with Crippen molar-refractivity contribution in [3.63, 3.8) is 0 Å². The third kappa shape index (κ3) is 3.05. The van der Waals surface area contributed by atoms with Crippen molar-refractivity contribution in [2.24, 2.45) is 5.73 Å². The molecule has 2 N–H and O–H groups in total. The van der Waals surface area contributed by atoms with Gasteiger partial charge in [-0.3, -0.25) is 0 Å². The van der Waals surface area contributed by atoms with Crippen molar-refractivity contribution in [3.8, 4) is 0 Å². The number of aryl methyl sites for hydroxylation is 2. The predicted molar refractivity (Wildman–Crippen MR) is 84.8 cm³/mol. The van der Waals surface area contributed by atoms with Crippen molar-refractivity contribution >= 4 is 27.7 Å². The van der Waals surface area contributed by atoms with Crippen LogP contribution in [0.5, 0.6) is 0 Å². The van der Waals surface area contributed by atoms with Gasteiger partial charge in [-0.2, -0.15) is 0 Å². The van der Waals surface area contributed by atoms with Crippen LogP contribution in [0, 0.1) is 0 Å². The van der Waals surface area contributed by atoms with Gasteiger partial charge in [-0.05, 0) is 76.6 Å². The van der Waals surface area contributed by atoms with Gasteiger partial charge in [0.1, 0.15) is 10.1 Å². The molecule has 0 atom stereocenters. The summed E-state index contributed by atoms with van der Waals surface area (Å²) in [5, 5.41) is 1.95. The molecule has 104 valence electrons. The first-order valence-electron chi connectivity index (χ1n) is 6.77. The summed E-state index contributed by atoms with van der Waals surface area (Å²) in [6.45, 7) is 0.527. The van der Waals surface area contributed by atoms with E-state index in [1.54, 1.807) is 11.8 Å². The van der Waals surface area contributed by atoms with E-state index in [0.717, 1.165) is 32.9 Å². The number of halogens is 1. The number of nitrogens with zero attached hydrogens (tertiary/aromatic N) is 2. The van der Waals surface area contributed by atoms with Gasteiger partial charge >= 0.3 is 0 Å². The van der Waals surface area contributed by atoms with Crippen LogP contribution in [-0.4, -0.2) is 9.97 Å². The van der Waals surface area contributed by atoms with Crippen LogP contribution in [0.25, 0.3) is 0 Å². The molecule has 0 aliphatic heterocycles. The SMILES string of the molecule is NCc1cc2c(nc1Sc1ccc(Br)cn1)CCCC2. The minimum Gasteiger partial charge on any atom is -0.326 e. The largest absolute Gasteiger partial charge is 0.326 e. The molecule has 1 aliphatic rings. The molecule has 0 radical (unpaired) electrons. The second-order valence-electron chi connectivity index (χ2n) is 4.89. The fourth-order valence-electron chi connectivity index (χ4n) is 2.42. The average molecular weight is 350 g/mol. The molecule has 1 aliphatic carbocycles. The number of hydrogen-bond donors (Lipinski definition) is 1. The molecule has 3 rings (SSSR count). The third-order valence-electron chi connectivity index (χ3n) is 3.46. The Morgan fingerprint density at radius 3 is 2.85 bits per heavy atom. The lowest BCUT2D eigenvalue weighted by Gasteiger charge is -2.17. The molecule has 2 heterocycles. The van der Waals surface area contributed by atoms with Crippen LogP contribution in [0.2, 0.25) is 0 Å². The van der Waals surface area contributed by atoms with E-state index in [1.807, 2.05) is 18.3 Å². The van der Waals surface area contributed by atoms with Gasteiger partial charge in [0.05, 0.1) is 0 Å². The van der Waals surface area contributed by atoms with Gasteiger partial charge in [-0.25, -0.2) is 9.97 Å². The summed E-state index contributed by atoms with van der Waals surface area (Å²) in [6.07, 6.45) is 6.53. The van der Waals surface area contributed by atoms with Gasteiger partial charge in [0.15, 0.2) is 0 Å². The number of aromatic nitrogens is 2. The number of rotatable bonds is 3. The number of hydrogen-bond acceptors (Lipinski definition) is 4. The number of fused-ring (bicyclic) bond motifs is 1. The van der Waals surface area contributed by atoms with Gasteiger partial charge < -0.3 is 5.73 Å². The summed E-state index contributed by atoms with van der Waals surface area (Å²) in [5.41, 5.74) is 9.63. The lowest BCUT2D eigenvalue weighted by atomic mass is 9.95. The van der Waals surface area contributed by atoms with E-state index in [2.05, 4.69) is 27.0 Å². The molecule has 3 nitrogen and oxygen atoms in total. The first-order valence-corrected chi connectivity index (χ1v) is 8.38. The Labute approximate surface area is 131 Å². The van der Waals surface area contributed by atoms with Crippen LogP contribution in [0.3, 0.4) is 0 Å². The first-order chi connectivity index (χ1) is 9.76. The maximum atomic E-state index is 5.88. The van der Waals surface area contributed by atoms with Crippen LogP contribution in [0.4, 0.5) is 0 Å². The third-order valence-corrected chi connectivity index (χ3v) is 4.93. The van der Waals surface area contributed by atoms with Crippen LogP contribution in [0.15, 0.2) is 38.9 Å². The highest BCUT2D eigenvalue weighted by atomic mass is 79.9. The first kappa shape index (κ1) is 14.0. The van der Waals surface area contributed by atoms with Crippen LogP contribution in [-0.2, 0) is 19.4 Å². The zero-order valence-electron chi connectivity index (χ0n) is 11.1. The highest BCUT2D eigenvalue weighted by molar-refractivity contribution is 9.10. The Hall–Kier alpha value is -0.910. The van der Waals surface area contributed by atoms with E-state index < -0.39 is 0 Å². The fourth-order valence-corrected chi connectivity index (χ4v) is 3.52. The molecule has 0 aromatic carbocycles. The van der Waals surface area contributed by atoms with Crippen molar-refractivity contribution in [1.82, 2.24) is 9.97 Å². The van der Waals surface area contributed by atoms with Gasteiger partial charge in [0.25, 0.3) is 0 Å². The van der Waals surface area contributed by atoms with Crippen LogP contribution in [0.1, 0.15) is 29.7 Å². The summed E-state index contributed by atoms with van der Waals surface area (Å²) in [4.78, 5) is 9.23. The molecular formula is C15H16BrN3S. The van der Waals surface area contributed by atoms with E-state index >= 15 is 0 Å². The van der Waals surface area contributed by atoms with Crippen molar-refractivity contribution in [2.45, 2.75) is 42.3 Å². The molecule has 20 heavy (non-hydrogen) atoms. The molecule has 0 amide bonds. The van der Waals surface area contributed by atoms with E-state index in [0.29, 0.717) is 6.54 Å². The molecule has 0 bridgehead atoms. The molecule has 0 spiro atoms. The van der Waals surface area contributed by atoms with Gasteiger partial charge in [-0.1, -0.05) is 6.07 Å². The minimum atomic E-state index is 0.527. The summed E-state index contributed by atoms with van der Waals surface area (Å²) in [5.74, 6) is 0. The quantitative estimate of drug-likeness (QED) is 0.917. The molecular weight excluding hydrogens is 334 g/mol. The molecule has 2 aromatic rings. The zero-order valence-corrected chi connectivity index (χ0v) is 13.5. The fraction of sp³-hybridized carbons (Fsp3) is 0.333. The summed E-state index contributed by atoms with van der Waals surface area (Å²) >= 11 is 5.00. The summed E-state index contributed by atoms with van der Waals surface area (Å²) in [7, 11) is 0. The molecule has 0 unspecified atom stereocenters. The second kappa shape index (κ2) is 6.24. The average Bonchev–Trinajstić information content (AvgIpc) is 2.49. The molecule has 0 saturated carbocycles. The van der Waals surface area contributed by atoms with E-state index in [9.17, 15) is 0 Å². The van der Waals surface area contributed by atoms with Gasteiger partial charge in [0, 0.05) is 22.9 Å². The minimum absolute atomic E-state index is 0.527. The molecule has 2 aromatic heterocycles. The Morgan fingerprint density at radius 1 is 1.25 bits per heavy atom. The van der Waals surface area contributed by atoms with Crippen LogP contribution < -0.4 is 5.73 Å².